The van der Waals surface area contributed by atoms with Gasteiger partial charge < -0.3 is 15.8 Å². The van der Waals surface area contributed by atoms with Gasteiger partial charge in [-0.15, -0.1) is 0 Å². The molecule has 0 radical (unpaired) electrons. The van der Waals surface area contributed by atoms with Gasteiger partial charge in [0.1, 0.15) is 0 Å². The van der Waals surface area contributed by atoms with Crippen LogP contribution in [0.15, 0.2) is 42.5 Å². The number of hydrogen-bond acceptors (Lipinski definition) is 4. The Bertz CT molecular complexity index is 696. The lowest BCUT2D eigenvalue weighted by molar-refractivity contribution is 0.0600. The smallest absolute Gasteiger partial charge is 0.337 e. The maximum absolute atomic E-state index is 12.2. The number of esters is 1. The largest absolute Gasteiger partial charge is 0.465 e. The summed E-state index contributed by atoms with van der Waals surface area (Å²) in [6.07, 6.45) is 0. The lowest BCUT2D eigenvalue weighted by Gasteiger charge is -2.11. The molecule has 0 heterocycles. The van der Waals surface area contributed by atoms with E-state index in [1.165, 1.54) is 7.11 Å². The number of nitrogen functional groups attached to an aromatic ring is 1. The van der Waals surface area contributed by atoms with Crippen LogP contribution < -0.4 is 11.1 Å². The van der Waals surface area contributed by atoms with Gasteiger partial charge in [-0.1, -0.05) is 12.1 Å². The zero-order valence-electron chi connectivity index (χ0n) is 11.8. The zero-order valence-corrected chi connectivity index (χ0v) is 11.8. The monoisotopic (exact) mass is 284 g/mol. The lowest BCUT2D eigenvalue weighted by atomic mass is 10.1. The number of amides is 1. The minimum atomic E-state index is -0.414. The number of hydrogen-bond donors (Lipinski definition) is 2. The first-order valence-electron chi connectivity index (χ1n) is 6.37. The molecular weight excluding hydrogens is 268 g/mol. The van der Waals surface area contributed by atoms with Gasteiger partial charge in [0.15, 0.2) is 0 Å². The molecule has 2 aromatic rings. The van der Waals surface area contributed by atoms with E-state index < -0.39 is 5.97 Å². The molecule has 0 saturated heterocycles. The Labute approximate surface area is 122 Å². The first kappa shape index (κ1) is 14.6. The van der Waals surface area contributed by atoms with E-state index >= 15 is 0 Å². The molecule has 0 atom stereocenters. The van der Waals surface area contributed by atoms with E-state index in [1.54, 1.807) is 49.4 Å². The third-order valence-electron chi connectivity index (χ3n) is 3.10. The van der Waals surface area contributed by atoms with E-state index in [0.717, 1.165) is 5.56 Å². The summed E-state index contributed by atoms with van der Waals surface area (Å²) in [4.78, 5) is 23.6. The summed E-state index contributed by atoms with van der Waals surface area (Å²) < 4.78 is 4.65. The summed E-state index contributed by atoms with van der Waals surface area (Å²) in [5.41, 5.74) is 8.42. The van der Waals surface area contributed by atoms with Gasteiger partial charge in [-0.2, -0.15) is 0 Å². The van der Waals surface area contributed by atoms with Crippen molar-refractivity contribution < 1.29 is 14.3 Å². The Balaban J connectivity index is 2.22. The van der Waals surface area contributed by atoms with Crippen LogP contribution >= 0.6 is 0 Å². The second-order valence-corrected chi connectivity index (χ2v) is 4.56. The number of rotatable bonds is 3. The van der Waals surface area contributed by atoms with Crippen molar-refractivity contribution in [3.8, 4) is 0 Å². The van der Waals surface area contributed by atoms with E-state index in [9.17, 15) is 9.59 Å². The molecular formula is C16H16N2O3. The molecule has 5 nitrogen and oxygen atoms in total. The fraction of sp³-hybridized carbons (Fsp3) is 0.125. The molecule has 0 bridgehead atoms. The number of methoxy groups -OCH3 is 1. The van der Waals surface area contributed by atoms with Gasteiger partial charge in [-0.3, -0.25) is 4.79 Å². The molecule has 0 aliphatic heterocycles. The average Bonchev–Trinajstić information content (AvgIpc) is 2.48. The molecule has 5 heteroatoms. The highest BCUT2D eigenvalue weighted by Crippen LogP contribution is 2.19. The molecule has 0 saturated carbocycles. The second kappa shape index (κ2) is 6.09. The van der Waals surface area contributed by atoms with Gasteiger partial charge >= 0.3 is 5.97 Å². The molecule has 2 aromatic carbocycles. The van der Waals surface area contributed by atoms with Gasteiger partial charge in [0.25, 0.3) is 5.91 Å². The summed E-state index contributed by atoms with van der Waals surface area (Å²) in [7, 11) is 1.32. The van der Waals surface area contributed by atoms with Crippen LogP contribution in [-0.4, -0.2) is 19.0 Å². The number of carbonyl (C=O) groups excluding carboxylic acids is 2. The summed E-state index contributed by atoms with van der Waals surface area (Å²) in [6.45, 7) is 1.80. The minimum Gasteiger partial charge on any atom is -0.465 e. The number of ether oxygens (including phenoxy) is 1. The van der Waals surface area contributed by atoms with Crippen molar-refractivity contribution in [3.05, 3.63) is 59.2 Å². The number of para-hydroxylation sites is 1. The van der Waals surface area contributed by atoms with Gasteiger partial charge in [-0.25, -0.2) is 4.79 Å². The van der Waals surface area contributed by atoms with Crippen LogP contribution in [0, 0.1) is 6.92 Å². The number of nitrogens with two attached hydrogens (primary N) is 1. The Kier molecular flexibility index (Phi) is 4.23. The van der Waals surface area contributed by atoms with Crippen molar-refractivity contribution in [2.45, 2.75) is 6.92 Å². The van der Waals surface area contributed by atoms with E-state index in [4.69, 9.17) is 5.73 Å². The molecule has 0 aliphatic rings. The third kappa shape index (κ3) is 3.20. The molecule has 1 amide bonds. The lowest BCUT2D eigenvalue weighted by Crippen LogP contribution is -2.15. The molecule has 0 aliphatic carbocycles. The van der Waals surface area contributed by atoms with Gasteiger partial charge in [-0.05, 0) is 42.8 Å². The van der Waals surface area contributed by atoms with E-state index in [1.807, 2.05) is 0 Å². The molecule has 21 heavy (non-hydrogen) atoms. The Morgan fingerprint density at radius 1 is 1.14 bits per heavy atom. The van der Waals surface area contributed by atoms with Gasteiger partial charge in [0.2, 0.25) is 0 Å². The number of aryl methyl sites for hydroxylation is 1. The summed E-state index contributed by atoms with van der Waals surface area (Å²) in [5, 5.41) is 2.78. The maximum Gasteiger partial charge on any atom is 0.337 e. The molecule has 0 unspecified atom stereocenters. The summed E-state index contributed by atoms with van der Waals surface area (Å²) in [6, 6.07) is 11.8. The van der Waals surface area contributed by atoms with E-state index in [-0.39, 0.29) is 5.91 Å². The Morgan fingerprint density at radius 2 is 1.86 bits per heavy atom. The van der Waals surface area contributed by atoms with Gasteiger partial charge in [0.05, 0.1) is 18.2 Å². The van der Waals surface area contributed by atoms with Crippen molar-refractivity contribution in [2.24, 2.45) is 0 Å². The van der Waals surface area contributed by atoms with Crippen LogP contribution in [0.4, 0.5) is 11.4 Å². The molecule has 2 rings (SSSR count). The maximum atomic E-state index is 12.2. The normalized spacial score (nSPS) is 10.0. The predicted molar refractivity (Wildman–Crippen MR) is 81.3 cm³/mol. The Hall–Kier alpha value is -2.82. The fourth-order valence-corrected chi connectivity index (χ4v) is 1.94. The van der Waals surface area contributed by atoms with Crippen LogP contribution in [-0.2, 0) is 4.74 Å². The zero-order chi connectivity index (χ0) is 15.4. The summed E-state index contributed by atoms with van der Waals surface area (Å²) in [5.74, 6) is -0.703. The van der Waals surface area contributed by atoms with Crippen LogP contribution in [0.25, 0.3) is 0 Å². The number of anilines is 2. The molecule has 0 fully saturated rings. The van der Waals surface area contributed by atoms with Crippen molar-refractivity contribution in [1.29, 1.82) is 0 Å². The molecule has 108 valence electrons. The number of benzene rings is 2. The van der Waals surface area contributed by atoms with Crippen LogP contribution in [0.5, 0.6) is 0 Å². The third-order valence-corrected chi connectivity index (χ3v) is 3.10. The van der Waals surface area contributed by atoms with Crippen LogP contribution in [0.1, 0.15) is 26.3 Å². The highest BCUT2D eigenvalue weighted by Gasteiger charge is 2.12. The first-order chi connectivity index (χ1) is 10.0. The van der Waals surface area contributed by atoms with Crippen molar-refractivity contribution in [2.75, 3.05) is 18.2 Å². The standard InChI is InChI=1S/C16H16N2O3/c1-10-9-11(16(20)21-2)7-8-14(10)18-15(19)12-5-3-4-6-13(12)17/h3-9H,17H2,1-2H3,(H,18,19). The quantitative estimate of drug-likeness (QED) is 0.670. The van der Waals surface area contributed by atoms with Crippen LogP contribution in [0.3, 0.4) is 0 Å². The fourth-order valence-electron chi connectivity index (χ4n) is 1.94. The van der Waals surface area contributed by atoms with E-state index in [0.29, 0.717) is 22.5 Å². The number of carbonyl (C=O) groups is 2. The van der Waals surface area contributed by atoms with E-state index in [2.05, 4.69) is 10.1 Å². The van der Waals surface area contributed by atoms with Crippen molar-refractivity contribution in [1.82, 2.24) is 0 Å². The molecule has 0 aromatic heterocycles. The summed E-state index contributed by atoms with van der Waals surface area (Å²) >= 11 is 0. The second-order valence-electron chi connectivity index (χ2n) is 4.56. The van der Waals surface area contributed by atoms with Crippen molar-refractivity contribution in [3.63, 3.8) is 0 Å². The molecule has 3 N–H and O–H groups in total. The first-order valence-corrected chi connectivity index (χ1v) is 6.37. The predicted octanol–water partition coefficient (Wildman–Crippen LogP) is 2.62. The topological polar surface area (TPSA) is 81.4 Å². The Morgan fingerprint density at radius 3 is 2.48 bits per heavy atom. The van der Waals surface area contributed by atoms with Crippen LogP contribution in [0.2, 0.25) is 0 Å². The number of nitrogens with one attached hydrogen (secondary N) is 1. The minimum absolute atomic E-state index is 0.290. The highest BCUT2D eigenvalue weighted by molar-refractivity contribution is 6.08. The average molecular weight is 284 g/mol. The van der Waals surface area contributed by atoms with Crippen molar-refractivity contribution >= 4 is 23.3 Å². The SMILES string of the molecule is COC(=O)c1ccc(NC(=O)c2ccccc2N)c(C)c1. The highest BCUT2D eigenvalue weighted by atomic mass is 16.5. The van der Waals surface area contributed by atoms with Gasteiger partial charge in [0, 0.05) is 11.4 Å². The molecule has 0 spiro atoms.